The van der Waals surface area contributed by atoms with Crippen molar-refractivity contribution in [2.45, 2.75) is 251 Å². The number of quaternary nitrogens is 1. The molecule has 0 amide bonds. The Bertz CT molecular complexity index is 1690. The first-order valence-corrected chi connectivity index (χ1v) is 31.2. The predicted molar refractivity (Wildman–Crippen MR) is 329 cm³/mol. The first-order chi connectivity index (χ1) is 38.1. The number of ether oxygens (including phenoxy) is 4. The van der Waals surface area contributed by atoms with Gasteiger partial charge in [-0.2, -0.15) is 0 Å². The number of likely N-dealkylation sites (N-methyl/N-ethyl adjacent to an activating group) is 1. The summed E-state index contributed by atoms with van der Waals surface area (Å²) < 4.78 is 22.7. The number of carboxylic acid groups (broad SMARTS) is 1. The number of carbonyl (C=O) groups is 3. The van der Waals surface area contributed by atoms with Crippen molar-refractivity contribution in [2.24, 2.45) is 0 Å². The third-order valence-corrected chi connectivity index (χ3v) is 13.0. The molecule has 0 saturated carbocycles. The Morgan fingerprint density at radius 2 is 0.731 bits per heavy atom. The number of nitrogens with zero attached hydrogens (tertiary/aromatic N) is 1. The Hall–Kier alpha value is -4.31. The third kappa shape index (κ3) is 59.4. The van der Waals surface area contributed by atoms with Gasteiger partial charge in [-0.3, -0.25) is 9.59 Å². The average molecular weight is 1090 g/mol. The van der Waals surface area contributed by atoms with Gasteiger partial charge in [-0.1, -0.05) is 257 Å². The van der Waals surface area contributed by atoms with Crippen molar-refractivity contribution in [3.05, 3.63) is 122 Å². The van der Waals surface area contributed by atoms with Gasteiger partial charge < -0.3 is 33.3 Å². The SMILES string of the molecule is CC/C=C\C/C=C\C/C=C\C/C=C\C/C=C\C/C=C\C/C=C\C/C=C\C/C=C\C/C=C\CCCCCCCCC(=O)OC(COC(=O)CCCCCCCCCCCCCCCCCC)COC(OCC[N+](C)(C)C)C(=O)[O-]. The molecule has 0 radical (unpaired) electrons. The van der Waals surface area contributed by atoms with Crippen molar-refractivity contribution in [1.29, 1.82) is 0 Å². The molecule has 0 aromatic rings. The molecule has 2 atom stereocenters. The standard InChI is InChI=1S/C69H115NO8/c1-6-8-10-12-14-16-18-20-22-24-25-26-27-28-29-30-31-32-33-34-35-36-37-38-39-40-41-42-43-44-46-48-50-52-54-56-58-60-67(72)78-65(64-77-69(68(73)74)75-62-61-70(3,4)5)63-76-66(71)59-57-55-53-51-49-47-45-23-21-19-17-15-13-11-9-7-2/h8,10,14,16,20,22,25-26,28-29,31-32,34-35,37-38,40-41,43-44,65,69H,6-7,9,11-13,15,17-19,21,23-24,27,30,33,36,39,42,45-64H2,1-5H3/b10-8-,16-14-,22-20-,26-25-,29-28-,32-31-,35-34-,38-37-,41-40-,44-43-. The summed E-state index contributed by atoms with van der Waals surface area (Å²) in [5, 5.41) is 11.8. The van der Waals surface area contributed by atoms with Gasteiger partial charge >= 0.3 is 11.9 Å². The van der Waals surface area contributed by atoms with Crippen LogP contribution < -0.4 is 5.11 Å². The smallest absolute Gasteiger partial charge is 0.306 e. The highest BCUT2D eigenvalue weighted by Crippen LogP contribution is 2.16. The summed E-state index contributed by atoms with van der Waals surface area (Å²) in [5.74, 6) is -2.31. The molecule has 0 fully saturated rings. The molecule has 9 nitrogen and oxygen atoms in total. The maximum absolute atomic E-state index is 12.9. The fourth-order valence-electron chi connectivity index (χ4n) is 8.21. The largest absolute Gasteiger partial charge is 0.545 e. The number of allylic oxidation sites excluding steroid dienone is 20. The molecule has 0 spiro atoms. The second kappa shape index (κ2) is 58.8. The fraction of sp³-hybridized carbons (Fsp3) is 0.667. The second-order valence-electron chi connectivity index (χ2n) is 21.6. The van der Waals surface area contributed by atoms with Gasteiger partial charge in [0.05, 0.1) is 40.3 Å². The molecule has 0 N–H and O–H groups in total. The van der Waals surface area contributed by atoms with Crippen molar-refractivity contribution in [1.82, 2.24) is 0 Å². The summed E-state index contributed by atoms with van der Waals surface area (Å²) in [6, 6.07) is 0. The maximum atomic E-state index is 12.9. The van der Waals surface area contributed by atoms with Crippen molar-refractivity contribution < 1.29 is 42.9 Å². The number of hydrogen-bond donors (Lipinski definition) is 0. The van der Waals surface area contributed by atoms with E-state index in [2.05, 4.69) is 135 Å². The van der Waals surface area contributed by atoms with Crippen LogP contribution in [0.2, 0.25) is 0 Å². The predicted octanol–water partition coefficient (Wildman–Crippen LogP) is 17.5. The van der Waals surface area contributed by atoms with Gasteiger partial charge in [0.25, 0.3) is 0 Å². The van der Waals surface area contributed by atoms with E-state index in [1.165, 1.54) is 83.5 Å². The molecule has 0 aliphatic carbocycles. The first-order valence-electron chi connectivity index (χ1n) is 31.2. The molecule has 0 aliphatic rings. The van der Waals surface area contributed by atoms with Crippen LogP contribution in [0.15, 0.2) is 122 Å². The lowest BCUT2D eigenvalue weighted by atomic mass is 10.0. The zero-order valence-electron chi connectivity index (χ0n) is 50.5. The molecule has 444 valence electrons. The lowest BCUT2D eigenvalue weighted by Gasteiger charge is -2.26. The van der Waals surface area contributed by atoms with Gasteiger partial charge in [-0.05, 0) is 89.9 Å². The van der Waals surface area contributed by atoms with Gasteiger partial charge in [-0.25, -0.2) is 0 Å². The normalized spacial score (nSPS) is 13.6. The summed E-state index contributed by atoms with van der Waals surface area (Å²) in [5.41, 5.74) is 0. The quantitative estimate of drug-likeness (QED) is 0.0195. The fourth-order valence-corrected chi connectivity index (χ4v) is 8.21. The van der Waals surface area contributed by atoms with E-state index in [-0.39, 0.29) is 38.6 Å². The molecule has 0 rings (SSSR count). The Balaban J connectivity index is 4.23. The molecule has 2 unspecified atom stereocenters. The van der Waals surface area contributed by atoms with Gasteiger partial charge in [0.1, 0.15) is 13.2 Å². The van der Waals surface area contributed by atoms with Crippen LogP contribution in [0.5, 0.6) is 0 Å². The molecule has 0 heterocycles. The molecular formula is C69H115NO8. The van der Waals surface area contributed by atoms with Crippen LogP contribution in [0.1, 0.15) is 239 Å². The van der Waals surface area contributed by atoms with Gasteiger partial charge in [0.15, 0.2) is 12.4 Å². The molecule has 0 saturated heterocycles. The Kier molecular flexibility index (Phi) is 55.6. The van der Waals surface area contributed by atoms with Crippen LogP contribution in [0.4, 0.5) is 0 Å². The van der Waals surface area contributed by atoms with E-state index in [0.717, 1.165) is 122 Å². The van der Waals surface area contributed by atoms with E-state index in [0.29, 0.717) is 17.4 Å². The number of aliphatic carboxylic acids is 1. The molecular weight excluding hydrogens is 971 g/mol. The van der Waals surface area contributed by atoms with Crippen molar-refractivity contribution in [3.63, 3.8) is 0 Å². The highest BCUT2D eigenvalue weighted by Gasteiger charge is 2.22. The number of hydrogen-bond acceptors (Lipinski definition) is 8. The summed E-state index contributed by atoms with van der Waals surface area (Å²) in [7, 11) is 5.91. The van der Waals surface area contributed by atoms with Crippen LogP contribution in [-0.2, 0) is 33.3 Å². The molecule has 9 heteroatoms. The average Bonchev–Trinajstić information content (AvgIpc) is 3.41. The molecule has 78 heavy (non-hydrogen) atoms. The molecule has 0 bridgehead atoms. The summed E-state index contributed by atoms with van der Waals surface area (Å²) in [4.78, 5) is 37.3. The highest BCUT2D eigenvalue weighted by atomic mass is 16.7. The lowest BCUT2D eigenvalue weighted by Crippen LogP contribution is -2.44. The van der Waals surface area contributed by atoms with E-state index in [4.69, 9.17) is 18.9 Å². The Morgan fingerprint density at radius 3 is 1.09 bits per heavy atom. The lowest BCUT2D eigenvalue weighted by molar-refractivity contribution is -0.870. The van der Waals surface area contributed by atoms with E-state index in [1.807, 2.05) is 21.1 Å². The van der Waals surface area contributed by atoms with Crippen LogP contribution in [0.3, 0.4) is 0 Å². The highest BCUT2D eigenvalue weighted by molar-refractivity contribution is 5.70. The molecule has 0 aliphatic heterocycles. The van der Waals surface area contributed by atoms with E-state index in [9.17, 15) is 19.5 Å². The van der Waals surface area contributed by atoms with Crippen molar-refractivity contribution in [3.8, 4) is 0 Å². The van der Waals surface area contributed by atoms with Crippen molar-refractivity contribution in [2.75, 3.05) is 47.5 Å². The second-order valence-corrected chi connectivity index (χ2v) is 21.6. The van der Waals surface area contributed by atoms with Crippen molar-refractivity contribution >= 4 is 17.9 Å². The summed E-state index contributed by atoms with van der Waals surface area (Å²) in [6.07, 6.45) is 79.7. The Morgan fingerprint density at radius 1 is 0.397 bits per heavy atom. The van der Waals surface area contributed by atoms with Gasteiger partial charge in [-0.15, -0.1) is 0 Å². The maximum Gasteiger partial charge on any atom is 0.306 e. The van der Waals surface area contributed by atoms with Gasteiger partial charge in [0, 0.05) is 12.8 Å². The number of esters is 2. The number of unbranched alkanes of at least 4 members (excludes halogenated alkanes) is 21. The van der Waals surface area contributed by atoms with E-state index >= 15 is 0 Å². The Labute approximate surface area is 478 Å². The third-order valence-electron chi connectivity index (χ3n) is 13.0. The minimum Gasteiger partial charge on any atom is -0.545 e. The van der Waals surface area contributed by atoms with Crippen LogP contribution in [0, 0.1) is 0 Å². The monoisotopic (exact) mass is 1090 g/mol. The topological polar surface area (TPSA) is 111 Å². The number of rotatable bonds is 56. The molecule has 0 aromatic heterocycles. The number of carboxylic acids is 1. The summed E-state index contributed by atoms with van der Waals surface area (Å²) >= 11 is 0. The molecule has 0 aromatic carbocycles. The minimum absolute atomic E-state index is 0.140. The van der Waals surface area contributed by atoms with Gasteiger partial charge in [0.2, 0.25) is 0 Å². The zero-order chi connectivity index (χ0) is 56.9. The van der Waals surface area contributed by atoms with Crippen LogP contribution in [-0.4, -0.2) is 82.3 Å². The zero-order valence-corrected chi connectivity index (χ0v) is 50.5. The van der Waals surface area contributed by atoms with Crippen LogP contribution >= 0.6 is 0 Å². The summed E-state index contributed by atoms with van der Waals surface area (Å²) in [6.45, 7) is 4.62. The first kappa shape index (κ1) is 73.7. The van der Waals surface area contributed by atoms with E-state index < -0.39 is 24.3 Å². The van der Waals surface area contributed by atoms with Crippen LogP contribution in [0.25, 0.3) is 0 Å². The van der Waals surface area contributed by atoms with E-state index in [1.54, 1.807) is 0 Å². The minimum atomic E-state index is -1.63. The number of carbonyl (C=O) groups excluding carboxylic acids is 3.